The number of anilines is 2. The van der Waals surface area contributed by atoms with Gasteiger partial charge in [0, 0.05) is 24.1 Å². The maximum Gasteiger partial charge on any atom is 0.416 e. The molecule has 0 bridgehead atoms. The lowest BCUT2D eigenvalue weighted by Gasteiger charge is -2.13. The molecule has 4 aromatic rings. The van der Waals surface area contributed by atoms with E-state index in [0.29, 0.717) is 34.9 Å². The van der Waals surface area contributed by atoms with Crippen LogP contribution in [0.3, 0.4) is 0 Å². The average molecular weight is 447 g/mol. The summed E-state index contributed by atoms with van der Waals surface area (Å²) in [5.41, 5.74) is 2.75. The minimum absolute atomic E-state index is 0.222. The normalized spacial score (nSPS) is 12.9. The fourth-order valence-corrected chi connectivity index (χ4v) is 3.82. The van der Waals surface area contributed by atoms with Gasteiger partial charge in [-0.25, -0.2) is 14.2 Å². The molecule has 2 N–H and O–H groups in total. The van der Waals surface area contributed by atoms with Crippen LogP contribution in [-0.4, -0.2) is 31.4 Å². The van der Waals surface area contributed by atoms with Crippen LogP contribution in [0.25, 0.3) is 27.9 Å². The van der Waals surface area contributed by atoms with E-state index in [1.165, 1.54) is 12.3 Å². The number of aromatic nitrogens is 3. The predicted octanol–water partition coefficient (Wildman–Crippen LogP) is 5.10. The minimum atomic E-state index is -4.46. The highest BCUT2D eigenvalue weighted by atomic mass is 32.2. The highest BCUT2D eigenvalue weighted by Crippen LogP contribution is 2.34. The van der Waals surface area contributed by atoms with Crippen LogP contribution >= 0.6 is 0 Å². The summed E-state index contributed by atoms with van der Waals surface area (Å²) in [6.45, 7) is 2.60. The molecule has 0 aliphatic rings. The second-order valence-electron chi connectivity index (χ2n) is 7.02. The largest absolute Gasteiger partial charge is 0.416 e. The Labute approximate surface area is 179 Å². The first-order chi connectivity index (χ1) is 14.8. The van der Waals surface area contributed by atoms with Gasteiger partial charge in [0.2, 0.25) is 0 Å². The monoisotopic (exact) mass is 447 g/mol. The van der Waals surface area contributed by atoms with Crippen LogP contribution in [0.1, 0.15) is 18.9 Å². The Morgan fingerprint density at radius 3 is 2.52 bits per heavy atom. The van der Waals surface area contributed by atoms with Gasteiger partial charge in [-0.3, -0.25) is 4.40 Å². The summed E-state index contributed by atoms with van der Waals surface area (Å²) >= 11 is 0. The molecular weight excluding hydrogens is 427 g/mol. The van der Waals surface area contributed by atoms with E-state index in [-0.39, 0.29) is 5.52 Å². The average Bonchev–Trinajstić information content (AvgIpc) is 3.16. The molecule has 1 atom stereocenters. The molecule has 31 heavy (non-hydrogen) atoms. The number of halogens is 3. The zero-order chi connectivity index (χ0) is 22.2. The molecule has 2 aromatic carbocycles. The van der Waals surface area contributed by atoms with Crippen LogP contribution in [-0.2, 0) is 17.2 Å². The van der Waals surface area contributed by atoms with Gasteiger partial charge in [0.15, 0.2) is 11.5 Å². The van der Waals surface area contributed by atoms with Crippen LogP contribution in [0.4, 0.5) is 24.7 Å². The fraction of sp³-hybridized carbons (Fsp3) is 0.238. The highest BCUT2D eigenvalue weighted by molar-refractivity contribution is 7.85. The summed E-state index contributed by atoms with van der Waals surface area (Å²) < 4.78 is 55.8. The van der Waals surface area contributed by atoms with Gasteiger partial charge in [0.25, 0.3) is 0 Å². The van der Waals surface area contributed by atoms with Crippen molar-refractivity contribution in [3.8, 4) is 11.3 Å². The Morgan fingerprint density at radius 1 is 1.13 bits per heavy atom. The minimum Gasteiger partial charge on any atom is -0.367 e. The molecule has 4 rings (SSSR count). The van der Waals surface area contributed by atoms with Crippen molar-refractivity contribution in [2.24, 2.45) is 0 Å². The van der Waals surface area contributed by atoms with Crippen molar-refractivity contribution in [3.05, 3.63) is 54.2 Å². The Morgan fingerprint density at radius 2 is 1.87 bits per heavy atom. The van der Waals surface area contributed by atoms with Gasteiger partial charge in [-0.15, -0.1) is 0 Å². The summed E-state index contributed by atoms with van der Waals surface area (Å²) in [5.74, 6) is 0.430. The molecule has 0 aliphatic carbocycles. The molecule has 1 unspecified atom stereocenters. The summed E-state index contributed by atoms with van der Waals surface area (Å²) in [6, 6.07) is 10.8. The molecule has 6 nitrogen and oxygen atoms in total. The maximum absolute atomic E-state index is 13.3. The summed E-state index contributed by atoms with van der Waals surface area (Å²) in [5, 5.41) is 3.16. The van der Waals surface area contributed by atoms with E-state index in [2.05, 4.69) is 20.0 Å². The predicted molar refractivity (Wildman–Crippen MR) is 117 cm³/mol. The van der Waals surface area contributed by atoms with Crippen LogP contribution in [0.2, 0.25) is 0 Å². The molecule has 0 spiro atoms. The SMILES string of the molecule is CCCNc1nc2cc(C(F)(F)F)ccc2n2c(-c3ccc(NS(C)=O)cc3)cnc12. The first-order valence-corrected chi connectivity index (χ1v) is 11.2. The number of fused-ring (bicyclic) bond motifs is 3. The zero-order valence-corrected chi connectivity index (χ0v) is 17.6. The smallest absolute Gasteiger partial charge is 0.367 e. The van der Waals surface area contributed by atoms with E-state index < -0.39 is 22.7 Å². The molecule has 0 aliphatic heterocycles. The van der Waals surface area contributed by atoms with Crippen molar-refractivity contribution in [1.82, 2.24) is 14.4 Å². The fourth-order valence-electron chi connectivity index (χ4n) is 3.35. The molecule has 2 heterocycles. The Hall–Kier alpha value is -3.14. The lowest BCUT2D eigenvalue weighted by molar-refractivity contribution is -0.137. The third kappa shape index (κ3) is 4.20. The molecule has 0 radical (unpaired) electrons. The van der Waals surface area contributed by atoms with Gasteiger partial charge in [0.05, 0.1) is 28.5 Å². The number of nitrogens with zero attached hydrogens (tertiary/aromatic N) is 3. The summed E-state index contributed by atoms with van der Waals surface area (Å²) in [6.07, 6.45) is -0.416. The number of benzene rings is 2. The van der Waals surface area contributed by atoms with E-state index in [1.54, 1.807) is 22.7 Å². The highest BCUT2D eigenvalue weighted by Gasteiger charge is 2.31. The van der Waals surface area contributed by atoms with Gasteiger partial charge < -0.3 is 10.0 Å². The number of rotatable bonds is 6. The van der Waals surface area contributed by atoms with Crippen molar-refractivity contribution in [1.29, 1.82) is 0 Å². The van der Waals surface area contributed by atoms with Gasteiger partial charge in [-0.1, -0.05) is 19.1 Å². The molecule has 10 heteroatoms. The van der Waals surface area contributed by atoms with Crippen LogP contribution in [0.15, 0.2) is 48.7 Å². The van der Waals surface area contributed by atoms with Crippen LogP contribution in [0.5, 0.6) is 0 Å². The van der Waals surface area contributed by atoms with E-state index in [9.17, 15) is 17.4 Å². The summed E-state index contributed by atoms with van der Waals surface area (Å²) in [4.78, 5) is 8.92. The molecule has 0 amide bonds. The van der Waals surface area contributed by atoms with Crippen molar-refractivity contribution in [2.45, 2.75) is 19.5 Å². The topological polar surface area (TPSA) is 71.3 Å². The second-order valence-corrected chi connectivity index (χ2v) is 8.14. The Balaban J connectivity index is 1.92. The number of hydrogen-bond donors (Lipinski definition) is 2. The lowest BCUT2D eigenvalue weighted by atomic mass is 10.1. The number of alkyl halides is 3. The summed E-state index contributed by atoms with van der Waals surface area (Å²) in [7, 11) is -1.19. The molecule has 0 saturated heterocycles. The standard InChI is InChI=1S/C21H20F3N5OS/c1-3-10-25-19-20-26-12-18(13-4-7-15(8-5-13)28-31(2)30)29(20)17-9-6-14(21(22,23)24)11-16(17)27-19/h4-9,11-12,28H,3,10H2,1-2H3,(H,25,27). The molecular formula is C21H20F3N5OS. The van der Waals surface area contributed by atoms with Crippen LogP contribution < -0.4 is 10.0 Å². The number of imidazole rings is 1. The van der Waals surface area contributed by atoms with E-state index in [0.717, 1.165) is 24.1 Å². The zero-order valence-electron chi connectivity index (χ0n) is 16.8. The molecule has 0 saturated carbocycles. The molecule has 2 aromatic heterocycles. The third-order valence-corrected chi connectivity index (χ3v) is 5.26. The van der Waals surface area contributed by atoms with Crippen LogP contribution in [0, 0.1) is 0 Å². The lowest BCUT2D eigenvalue weighted by Crippen LogP contribution is -2.08. The van der Waals surface area contributed by atoms with E-state index >= 15 is 0 Å². The second kappa shape index (κ2) is 8.18. The van der Waals surface area contributed by atoms with E-state index in [4.69, 9.17) is 0 Å². The first-order valence-electron chi connectivity index (χ1n) is 9.60. The first kappa shape index (κ1) is 21.1. The van der Waals surface area contributed by atoms with Gasteiger partial charge in [0.1, 0.15) is 11.0 Å². The Bertz CT molecular complexity index is 1270. The van der Waals surface area contributed by atoms with E-state index in [1.807, 2.05) is 19.1 Å². The van der Waals surface area contributed by atoms with Gasteiger partial charge >= 0.3 is 6.18 Å². The molecule has 162 valence electrons. The number of hydrogen-bond acceptors (Lipinski definition) is 4. The quantitative estimate of drug-likeness (QED) is 0.432. The van der Waals surface area contributed by atoms with Gasteiger partial charge in [-0.2, -0.15) is 13.2 Å². The maximum atomic E-state index is 13.3. The van der Waals surface area contributed by atoms with Crippen molar-refractivity contribution in [3.63, 3.8) is 0 Å². The van der Waals surface area contributed by atoms with Crippen molar-refractivity contribution in [2.75, 3.05) is 22.8 Å². The Kier molecular flexibility index (Phi) is 5.57. The molecule has 0 fully saturated rings. The van der Waals surface area contributed by atoms with Crippen molar-refractivity contribution < 1.29 is 17.4 Å². The van der Waals surface area contributed by atoms with Gasteiger partial charge in [-0.05, 0) is 36.8 Å². The van der Waals surface area contributed by atoms with Crippen molar-refractivity contribution >= 4 is 39.2 Å². The third-order valence-electron chi connectivity index (χ3n) is 4.73. The number of nitrogens with one attached hydrogen (secondary N) is 2.